The lowest BCUT2D eigenvalue weighted by Crippen LogP contribution is -2.54. The summed E-state index contributed by atoms with van der Waals surface area (Å²) in [6.45, 7) is 4.30. The van der Waals surface area contributed by atoms with Gasteiger partial charge >= 0.3 is 0 Å². The van der Waals surface area contributed by atoms with Gasteiger partial charge in [-0.05, 0) is 56.0 Å². The molecule has 1 aromatic rings. The van der Waals surface area contributed by atoms with Crippen LogP contribution >= 0.6 is 23.1 Å². The van der Waals surface area contributed by atoms with Crippen molar-refractivity contribution < 1.29 is 14.4 Å². The number of nitrogens with one attached hydrogen (secondary N) is 1. The Morgan fingerprint density at radius 2 is 2.04 bits per heavy atom. The zero-order valence-electron chi connectivity index (χ0n) is 14.9. The Morgan fingerprint density at radius 1 is 1.31 bits per heavy atom. The van der Waals surface area contributed by atoms with Crippen LogP contribution in [0.3, 0.4) is 0 Å². The molecule has 140 valence electrons. The van der Waals surface area contributed by atoms with Crippen LogP contribution in [0.1, 0.15) is 44.4 Å². The number of carbonyl (C=O) groups excluding carboxylic acids is 3. The Balaban J connectivity index is 1.55. The third-order valence-corrected chi connectivity index (χ3v) is 6.43. The fourth-order valence-electron chi connectivity index (χ4n) is 3.25. The molecule has 3 heterocycles. The SMILES string of the molecule is CC1CCCC(C)N1NC(=O)CCN1C(=O)S/C(=C\c2cccs2)C1=O. The second-order valence-corrected chi connectivity index (χ2v) is 8.64. The van der Waals surface area contributed by atoms with Crippen LogP contribution in [0.4, 0.5) is 4.79 Å². The maximum atomic E-state index is 12.4. The summed E-state index contributed by atoms with van der Waals surface area (Å²) in [5, 5.41) is 3.60. The van der Waals surface area contributed by atoms with Crippen LogP contribution in [0.2, 0.25) is 0 Å². The molecule has 0 spiro atoms. The largest absolute Gasteiger partial charge is 0.293 e. The average molecular weight is 394 g/mol. The second-order valence-electron chi connectivity index (χ2n) is 6.67. The number of piperidine rings is 1. The summed E-state index contributed by atoms with van der Waals surface area (Å²) in [5.41, 5.74) is 2.94. The van der Waals surface area contributed by atoms with Gasteiger partial charge in [-0.3, -0.25) is 24.7 Å². The highest BCUT2D eigenvalue weighted by molar-refractivity contribution is 8.18. The van der Waals surface area contributed by atoms with E-state index in [4.69, 9.17) is 0 Å². The van der Waals surface area contributed by atoms with Gasteiger partial charge in [0.25, 0.3) is 11.1 Å². The van der Waals surface area contributed by atoms with E-state index in [0.717, 1.165) is 34.4 Å². The van der Waals surface area contributed by atoms with Gasteiger partial charge in [0, 0.05) is 29.9 Å². The van der Waals surface area contributed by atoms with Crippen LogP contribution in [0.25, 0.3) is 6.08 Å². The first kappa shape index (κ1) is 19.1. The lowest BCUT2D eigenvalue weighted by Gasteiger charge is -2.38. The van der Waals surface area contributed by atoms with Crippen LogP contribution in [0, 0.1) is 0 Å². The first-order valence-electron chi connectivity index (χ1n) is 8.82. The number of carbonyl (C=O) groups is 3. The molecule has 2 aliphatic heterocycles. The molecule has 2 unspecified atom stereocenters. The first-order chi connectivity index (χ1) is 12.5. The second kappa shape index (κ2) is 8.37. The molecular weight excluding hydrogens is 370 g/mol. The number of hydrazine groups is 1. The van der Waals surface area contributed by atoms with E-state index in [9.17, 15) is 14.4 Å². The predicted octanol–water partition coefficient (Wildman–Crippen LogP) is 3.47. The van der Waals surface area contributed by atoms with E-state index in [1.807, 2.05) is 22.5 Å². The number of nitrogens with zero attached hydrogens (tertiary/aromatic N) is 2. The minimum atomic E-state index is -0.319. The topological polar surface area (TPSA) is 69.7 Å². The summed E-state index contributed by atoms with van der Waals surface area (Å²) in [6.07, 6.45) is 5.12. The number of imide groups is 1. The van der Waals surface area contributed by atoms with Crippen molar-refractivity contribution in [2.45, 2.75) is 51.6 Å². The van der Waals surface area contributed by atoms with Crippen molar-refractivity contribution in [2.24, 2.45) is 0 Å². The van der Waals surface area contributed by atoms with E-state index in [1.165, 1.54) is 17.8 Å². The molecule has 2 saturated heterocycles. The highest BCUT2D eigenvalue weighted by atomic mass is 32.2. The molecule has 2 aliphatic rings. The van der Waals surface area contributed by atoms with Gasteiger partial charge in [-0.1, -0.05) is 12.5 Å². The molecule has 2 atom stereocenters. The summed E-state index contributed by atoms with van der Waals surface area (Å²) >= 11 is 2.44. The summed E-state index contributed by atoms with van der Waals surface area (Å²) in [7, 11) is 0. The van der Waals surface area contributed by atoms with Crippen molar-refractivity contribution >= 4 is 46.2 Å². The molecule has 8 heteroatoms. The highest BCUT2D eigenvalue weighted by Gasteiger charge is 2.35. The van der Waals surface area contributed by atoms with E-state index in [0.29, 0.717) is 17.0 Å². The number of thioether (sulfide) groups is 1. The van der Waals surface area contributed by atoms with Gasteiger partial charge in [0.15, 0.2) is 0 Å². The fourth-order valence-corrected chi connectivity index (χ4v) is 4.84. The van der Waals surface area contributed by atoms with Crippen molar-refractivity contribution in [1.82, 2.24) is 15.3 Å². The van der Waals surface area contributed by atoms with Gasteiger partial charge in [-0.25, -0.2) is 5.01 Å². The normalized spacial score (nSPS) is 25.9. The number of thiophene rings is 1. The minimum Gasteiger partial charge on any atom is -0.288 e. The smallest absolute Gasteiger partial charge is 0.288 e. The molecule has 2 fully saturated rings. The average Bonchev–Trinajstić information content (AvgIpc) is 3.19. The Labute approximate surface area is 161 Å². The molecule has 26 heavy (non-hydrogen) atoms. The number of rotatable bonds is 5. The maximum absolute atomic E-state index is 12.4. The summed E-state index contributed by atoms with van der Waals surface area (Å²) < 4.78 is 0. The van der Waals surface area contributed by atoms with Gasteiger partial charge in [-0.15, -0.1) is 11.3 Å². The number of amides is 3. The lowest BCUT2D eigenvalue weighted by molar-refractivity contribution is -0.130. The van der Waals surface area contributed by atoms with Crippen molar-refractivity contribution in [3.05, 3.63) is 27.3 Å². The highest BCUT2D eigenvalue weighted by Crippen LogP contribution is 2.33. The van der Waals surface area contributed by atoms with Crippen molar-refractivity contribution in [2.75, 3.05) is 6.54 Å². The molecule has 0 aliphatic carbocycles. The molecule has 3 rings (SSSR count). The predicted molar refractivity (Wildman–Crippen MR) is 104 cm³/mol. The van der Waals surface area contributed by atoms with Crippen molar-refractivity contribution in [3.8, 4) is 0 Å². The standard InChI is InChI=1S/C18H23N3O3S2/c1-12-5-3-6-13(2)21(12)19-16(22)8-9-20-17(23)15(26-18(20)24)11-14-7-4-10-25-14/h4,7,10-13H,3,5-6,8-9H2,1-2H3,(H,19,22)/b15-11-. The fraction of sp³-hybridized carbons (Fsp3) is 0.500. The van der Waals surface area contributed by atoms with E-state index in [1.54, 1.807) is 6.08 Å². The zero-order valence-corrected chi connectivity index (χ0v) is 16.6. The van der Waals surface area contributed by atoms with Gasteiger partial charge in [-0.2, -0.15) is 0 Å². The third kappa shape index (κ3) is 4.36. The lowest BCUT2D eigenvalue weighted by atomic mass is 10.00. The monoisotopic (exact) mass is 393 g/mol. The first-order valence-corrected chi connectivity index (χ1v) is 10.5. The van der Waals surface area contributed by atoms with E-state index >= 15 is 0 Å². The summed E-state index contributed by atoms with van der Waals surface area (Å²) in [4.78, 5) is 39.3. The quantitative estimate of drug-likeness (QED) is 0.776. The molecule has 0 saturated carbocycles. The molecule has 0 aromatic carbocycles. The summed E-state index contributed by atoms with van der Waals surface area (Å²) in [5.74, 6) is -0.479. The van der Waals surface area contributed by atoms with Gasteiger partial charge in [0.05, 0.1) is 4.91 Å². The summed E-state index contributed by atoms with van der Waals surface area (Å²) in [6, 6.07) is 4.39. The van der Waals surface area contributed by atoms with Crippen LogP contribution in [-0.4, -0.2) is 45.6 Å². The number of hydrogen-bond donors (Lipinski definition) is 1. The van der Waals surface area contributed by atoms with Crippen LogP contribution in [-0.2, 0) is 9.59 Å². The molecular formula is C18H23N3O3S2. The molecule has 6 nitrogen and oxygen atoms in total. The Bertz CT molecular complexity index is 707. The van der Waals surface area contributed by atoms with Crippen molar-refractivity contribution in [3.63, 3.8) is 0 Å². The Hall–Kier alpha value is -1.64. The van der Waals surface area contributed by atoms with Crippen LogP contribution in [0.15, 0.2) is 22.4 Å². The Kier molecular flexibility index (Phi) is 6.16. The van der Waals surface area contributed by atoms with Crippen LogP contribution < -0.4 is 5.43 Å². The van der Waals surface area contributed by atoms with Gasteiger partial charge < -0.3 is 0 Å². The zero-order chi connectivity index (χ0) is 18.7. The molecule has 1 N–H and O–H groups in total. The van der Waals surface area contributed by atoms with E-state index < -0.39 is 0 Å². The maximum Gasteiger partial charge on any atom is 0.293 e. The van der Waals surface area contributed by atoms with Gasteiger partial charge in [0.1, 0.15) is 0 Å². The van der Waals surface area contributed by atoms with Crippen LogP contribution in [0.5, 0.6) is 0 Å². The molecule has 0 radical (unpaired) electrons. The van der Waals surface area contributed by atoms with E-state index in [-0.39, 0.29) is 30.0 Å². The van der Waals surface area contributed by atoms with E-state index in [2.05, 4.69) is 19.3 Å². The van der Waals surface area contributed by atoms with Crippen molar-refractivity contribution in [1.29, 1.82) is 0 Å². The molecule has 3 amide bonds. The van der Waals surface area contributed by atoms with Gasteiger partial charge in [0.2, 0.25) is 5.91 Å². The number of hydrogen-bond acceptors (Lipinski definition) is 6. The third-order valence-electron chi connectivity index (χ3n) is 4.70. The minimum absolute atomic E-state index is 0.106. The molecule has 1 aromatic heterocycles. The Morgan fingerprint density at radius 3 is 2.69 bits per heavy atom. The molecule has 0 bridgehead atoms.